The van der Waals surface area contributed by atoms with Crippen molar-refractivity contribution in [2.45, 2.75) is 31.2 Å². The van der Waals surface area contributed by atoms with Crippen molar-refractivity contribution in [1.29, 1.82) is 0 Å². The van der Waals surface area contributed by atoms with Crippen LogP contribution in [0.4, 0.5) is 0 Å². The van der Waals surface area contributed by atoms with Crippen LogP contribution in [-0.2, 0) is 0 Å². The number of rotatable bonds is 3. The maximum atomic E-state index is 12.2. The summed E-state index contributed by atoms with van der Waals surface area (Å²) in [6, 6.07) is 5.42. The molecule has 0 aliphatic heterocycles. The molecule has 1 amide bonds. The fraction of sp³-hybridized carbons (Fsp3) is 0.462. The predicted molar refractivity (Wildman–Crippen MR) is 86.6 cm³/mol. The van der Waals surface area contributed by atoms with E-state index in [2.05, 4.69) is 43.8 Å². The third-order valence-corrected chi connectivity index (χ3v) is 6.02. The molecule has 1 N–H and O–H groups in total. The first-order valence-electron chi connectivity index (χ1n) is 5.90. The molecule has 0 bridgehead atoms. The molecule has 18 heavy (non-hydrogen) atoms. The van der Waals surface area contributed by atoms with Crippen LogP contribution in [0.15, 0.2) is 18.2 Å². The maximum absolute atomic E-state index is 12.2. The topological polar surface area (TPSA) is 29.1 Å². The summed E-state index contributed by atoms with van der Waals surface area (Å²) >= 11 is 11.7. The molecule has 0 atom stereocenters. The zero-order chi connectivity index (χ0) is 13.2. The minimum absolute atomic E-state index is 0.0327. The SMILES string of the molecule is O=C(NC1(CBr)CCCC1)c1ccc(I)c(Cl)c1. The van der Waals surface area contributed by atoms with Gasteiger partial charge in [-0.15, -0.1) is 0 Å². The minimum Gasteiger partial charge on any atom is -0.346 e. The molecule has 0 spiro atoms. The average molecular weight is 443 g/mol. The first-order chi connectivity index (χ1) is 8.56. The fourth-order valence-corrected chi connectivity index (χ4v) is 3.51. The van der Waals surface area contributed by atoms with Crippen LogP contribution in [0.2, 0.25) is 5.02 Å². The Bertz CT molecular complexity index is 460. The Morgan fingerprint density at radius 1 is 1.44 bits per heavy atom. The van der Waals surface area contributed by atoms with E-state index in [1.165, 1.54) is 12.8 Å². The van der Waals surface area contributed by atoms with Crippen molar-refractivity contribution in [2.75, 3.05) is 5.33 Å². The highest BCUT2D eigenvalue weighted by Crippen LogP contribution is 2.31. The molecule has 0 heterocycles. The van der Waals surface area contributed by atoms with Crippen LogP contribution < -0.4 is 5.32 Å². The number of benzene rings is 1. The van der Waals surface area contributed by atoms with Crippen LogP contribution >= 0.6 is 50.1 Å². The van der Waals surface area contributed by atoms with Gasteiger partial charge in [0.05, 0.1) is 10.6 Å². The summed E-state index contributed by atoms with van der Waals surface area (Å²) in [6.07, 6.45) is 4.45. The third-order valence-electron chi connectivity index (χ3n) is 3.38. The Morgan fingerprint density at radius 2 is 2.11 bits per heavy atom. The molecule has 5 heteroatoms. The number of nitrogens with one attached hydrogen (secondary N) is 1. The van der Waals surface area contributed by atoms with Gasteiger partial charge in [-0.1, -0.05) is 40.4 Å². The van der Waals surface area contributed by atoms with Gasteiger partial charge in [-0.25, -0.2) is 0 Å². The number of halogens is 3. The lowest BCUT2D eigenvalue weighted by Gasteiger charge is -2.28. The van der Waals surface area contributed by atoms with E-state index in [9.17, 15) is 4.79 Å². The third kappa shape index (κ3) is 3.20. The van der Waals surface area contributed by atoms with Gasteiger partial charge in [0.25, 0.3) is 5.91 Å². The highest BCUT2D eigenvalue weighted by atomic mass is 127. The molecule has 2 nitrogen and oxygen atoms in total. The minimum atomic E-state index is -0.0768. The van der Waals surface area contributed by atoms with Crippen LogP contribution in [0, 0.1) is 3.57 Å². The lowest BCUT2D eigenvalue weighted by molar-refractivity contribution is 0.0910. The lowest BCUT2D eigenvalue weighted by Crippen LogP contribution is -2.47. The molecule has 0 unspecified atom stereocenters. The quantitative estimate of drug-likeness (QED) is 0.546. The van der Waals surface area contributed by atoms with Crippen molar-refractivity contribution in [3.8, 4) is 0 Å². The van der Waals surface area contributed by atoms with Crippen molar-refractivity contribution >= 4 is 56.0 Å². The standard InChI is InChI=1S/C13H14BrClINO/c14-8-13(5-1-2-6-13)17-12(18)9-3-4-11(16)10(15)7-9/h3-4,7H,1-2,5-6,8H2,(H,17,18). The number of hydrogen-bond donors (Lipinski definition) is 1. The second kappa shape index (κ2) is 6.09. The molecule has 0 radical (unpaired) electrons. The Kier molecular flexibility index (Phi) is 4.94. The van der Waals surface area contributed by atoms with Crippen LogP contribution in [0.1, 0.15) is 36.0 Å². The van der Waals surface area contributed by atoms with E-state index in [1.807, 2.05) is 12.1 Å². The second-order valence-corrected chi connectivity index (χ2v) is 6.83. The smallest absolute Gasteiger partial charge is 0.251 e. The van der Waals surface area contributed by atoms with Crippen molar-refractivity contribution in [3.63, 3.8) is 0 Å². The maximum Gasteiger partial charge on any atom is 0.251 e. The van der Waals surface area contributed by atoms with Crippen LogP contribution in [0.25, 0.3) is 0 Å². The predicted octanol–water partition coefficient (Wildman–Crippen LogP) is 4.38. The van der Waals surface area contributed by atoms with Crippen LogP contribution in [0.5, 0.6) is 0 Å². The van der Waals surface area contributed by atoms with Crippen molar-refractivity contribution in [3.05, 3.63) is 32.4 Å². The van der Waals surface area contributed by atoms with E-state index >= 15 is 0 Å². The largest absolute Gasteiger partial charge is 0.346 e. The van der Waals surface area contributed by atoms with E-state index in [1.54, 1.807) is 6.07 Å². The van der Waals surface area contributed by atoms with Gasteiger partial charge < -0.3 is 5.32 Å². The summed E-state index contributed by atoms with van der Waals surface area (Å²) in [5, 5.41) is 4.59. The molecule has 1 aromatic carbocycles. The Labute approximate surface area is 134 Å². The van der Waals surface area contributed by atoms with E-state index in [4.69, 9.17) is 11.6 Å². The molecule has 1 fully saturated rings. The lowest BCUT2D eigenvalue weighted by atomic mass is 10.00. The fourth-order valence-electron chi connectivity index (χ4n) is 2.29. The monoisotopic (exact) mass is 441 g/mol. The van der Waals surface area contributed by atoms with Gasteiger partial charge in [-0.2, -0.15) is 0 Å². The van der Waals surface area contributed by atoms with E-state index in [0.29, 0.717) is 10.6 Å². The summed E-state index contributed by atoms with van der Waals surface area (Å²) in [4.78, 5) is 12.2. The van der Waals surface area contributed by atoms with Crippen molar-refractivity contribution in [1.82, 2.24) is 5.32 Å². The van der Waals surface area contributed by atoms with Crippen molar-refractivity contribution in [2.24, 2.45) is 0 Å². The molecule has 2 rings (SSSR count). The van der Waals surface area contributed by atoms with E-state index in [0.717, 1.165) is 21.7 Å². The first kappa shape index (κ1) is 14.6. The number of amides is 1. The highest BCUT2D eigenvalue weighted by Gasteiger charge is 2.34. The first-order valence-corrected chi connectivity index (χ1v) is 8.48. The van der Waals surface area contributed by atoms with Gasteiger partial charge in [0.2, 0.25) is 0 Å². The normalized spacial score (nSPS) is 17.7. The second-order valence-electron chi connectivity index (χ2n) is 4.70. The van der Waals surface area contributed by atoms with E-state index < -0.39 is 0 Å². The Morgan fingerprint density at radius 3 is 2.67 bits per heavy atom. The van der Waals surface area contributed by atoms with E-state index in [-0.39, 0.29) is 11.4 Å². The highest BCUT2D eigenvalue weighted by molar-refractivity contribution is 14.1. The number of alkyl halides is 1. The molecule has 0 saturated heterocycles. The van der Waals surface area contributed by atoms with Gasteiger partial charge in [0, 0.05) is 14.5 Å². The molecule has 1 aliphatic rings. The zero-order valence-corrected chi connectivity index (χ0v) is 14.3. The number of hydrogen-bond acceptors (Lipinski definition) is 1. The average Bonchev–Trinajstić information content (AvgIpc) is 2.82. The van der Waals surface area contributed by atoms with Gasteiger partial charge in [0.1, 0.15) is 0 Å². The molecule has 1 aromatic rings. The van der Waals surface area contributed by atoms with Gasteiger partial charge in [-0.3, -0.25) is 4.79 Å². The van der Waals surface area contributed by atoms with Gasteiger partial charge in [-0.05, 0) is 53.6 Å². The zero-order valence-electron chi connectivity index (χ0n) is 9.81. The summed E-state index contributed by atoms with van der Waals surface area (Å²) < 4.78 is 0.960. The number of carbonyl (C=O) groups excluding carboxylic acids is 1. The molecular formula is C13H14BrClINO. The molecule has 1 saturated carbocycles. The molecule has 98 valence electrons. The summed E-state index contributed by atoms with van der Waals surface area (Å²) in [7, 11) is 0. The summed E-state index contributed by atoms with van der Waals surface area (Å²) in [6.45, 7) is 0. The van der Waals surface area contributed by atoms with Crippen LogP contribution in [0.3, 0.4) is 0 Å². The van der Waals surface area contributed by atoms with Crippen LogP contribution in [-0.4, -0.2) is 16.8 Å². The Balaban J connectivity index is 2.13. The summed E-state index contributed by atoms with van der Waals surface area (Å²) in [5.74, 6) is -0.0327. The Hall–Kier alpha value is 0.190. The molecule has 1 aliphatic carbocycles. The summed E-state index contributed by atoms with van der Waals surface area (Å²) in [5.41, 5.74) is 0.555. The van der Waals surface area contributed by atoms with Gasteiger partial charge in [0.15, 0.2) is 0 Å². The molecule has 0 aromatic heterocycles. The van der Waals surface area contributed by atoms with Crippen molar-refractivity contribution < 1.29 is 4.79 Å². The number of carbonyl (C=O) groups is 1. The molecular weight excluding hydrogens is 428 g/mol. The van der Waals surface area contributed by atoms with Gasteiger partial charge >= 0.3 is 0 Å².